The van der Waals surface area contributed by atoms with Gasteiger partial charge in [0.25, 0.3) is 0 Å². The number of rotatable bonds is 5. The Morgan fingerprint density at radius 2 is 0.982 bits per heavy atom. The van der Waals surface area contributed by atoms with Crippen LogP contribution in [0, 0.1) is 0 Å². The standard InChI is InChI=1S/C52H32N4S/c1-4-15-33(16-5-1)36-21-14-22-37(31-36)55-43-26-13-11-24-40(43)48-44(55)28-30-45-49(48)50-46(57-45)29-27-39-38-23-10-12-25-42(38)56(51(39)50)47-32-41(34-17-6-2-7-18-34)53-52(54-47)35-19-8-3-9-20-35/h1-32H. The second kappa shape index (κ2) is 12.6. The third-order valence-corrected chi connectivity index (χ3v) is 12.4. The lowest BCUT2D eigenvalue weighted by Gasteiger charge is -2.13. The number of nitrogens with zero attached hydrogens (tertiary/aromatic N) is 4. The molecule has 0 spiro atoms. The molecule has 0 radical (unpaired) electrons. The largest absolute Gasteiger partial charge is 0.309 e. The lowest BCUT2D eigenvalue weighted by molar-refractivity contribution is 1.05. The van der Waals surface area contributed by atoms with Gasteiger partial charge in [0.2, 0.25) is 0 Å². The van der Waals surface area contributed by atoms with E-state index in [0.29, 0.717) is 5.82 Å². The zero-order chi connectivity index (χ0) is 37.5. The van der Waals surface area contributed by atoms with E-state index < -0.39 is 0 Å². The molecule has 0 N–H and O–H groups in total. The fraction of sp³-hybridized carbons (Fsp3) is 0. The average molecular weight is 745 g/mol. The van der Waals surface area contributed by atoms with E-state index in [1.807, 2.05) is 23.5 Å². The summed E-state index contributed by atoms with van der Waals surface area (Å²) in [5, 5.41) is 7.43. The van der Waals surface area contributed by atoms with Gasteiger partial charge in [-0.25, -0.2) is 9.97 Å². The summed E-state index contributed by atoms with van der Waals surface area (Å²) < 4.78 is 7.34. The van der Waals surface area contributed by atoms with Gasteiger partial charge < -0.3 is 4.57 Å². The minimum Gasteiger partial charge on any atom is -0.309 e. The Hall–Kier alpha value is -7.34. The molecule has 12 rings (SSSR count). The molecular formula is C52H32N4S. The smallest absolute Gasteiger partial charge is 0.162 e. The normalized spacial score (nSPS) is 11.9. The summed E-state index contributed by atoms with van der Waals surface area (Å²) in [6, 6.07) is 69.3. The van der Waals surface area contributed by atoms with Gasteiger partial charge in [0.05, 0.1) is 27.8 Å². The molecule has 4 heterocycles. The molecule has 0 aliphatic heterocycles. The highest BCUT2D eigenvalue weighted by atomic mass is 32.1. The maximum absolute atomic E-state index is 5.38. The predicted octanol–water partition coefficient (Wildman–Crippen LogP) is 14.0. The number of para-hydroxylation sites is 2. The fourth-order valence-electron chi connectivity index (χ4n) is 8.85. The van der Waals surface area contributed by atoms with Crippen LogP contribution in [0.4, 0.5) is 0 Å². The van der Waals surface area contributed by atoms with Gasteiger partial charge in [0.1, 0.15) is 5.82 Å². The molecule has 0 saturated carbocycles. The number of hydrogen-bond acceptors (Lipinski definition) is 3. The van der Waals surface area contributed by atoms with Gasteiger partial charge in [-0.05, 0) is 53.6 Å². The van der Waals surface area contributed by atoms with Gasteiger partial charge in [-0.2, -0.15) is 0 Å². The Balaban J connectivity index is 1.21. The molecule has 0 saturated heterocycles. The van der Waals surface area contributed by atoms with E-state index in [4.69, 9.17) is 9.97 Å². The van der Waals surface area contributed by atoms with Crippen molar-refractivity contribution in [1.82, 2.24) is 19.1 Å². The van der Waals surface area contributed by atoms with Crippen LogP contribution in [-0.4, -0.2) is 19.1 Å². The summed E-state index contributed by atoms with van der Waals surface area (Å²) >= 11 is 1.86. The van der Waals surface area contributed by atoms with Crippen LogP contribution in [0.1, 0.15) is 0 Å². The van der Waals surface area contributed by atoms with Gasteiger partial charge in [0, 0.05) is 64.6 Å². The Kier molecular flexibility index (Phi) is 7.06. The Morgan fingerprint density at radius 3 is 1.75 bits per heavy atom. The molecule has 0 bridgehead atoms. The van der Waals surface area contributed by atoms with Crippen LogP contribution in [0.25, 0.3) is 109 Å². The highest BCUT2D eigenvalue weighted by Gasteiger charge is 2.23. The summed E-state index contributed by atoms with van der Waals surface area (Å²) in [5.41, 5.74) is 11.1. The van der Waals surface area contributed by atoms with Crippen LogP contribution in [0.2, 0.25) is 0 Å². The number of fused-ring (bicyclic) bond motifs is 11. The van der Waals surface area contributed by atoms with Gasteiger partial charge >= 0.3 is 0 Å². The summed E-state index contributed by atoms with van der Waals surface area (Å²) in [6.45, 7) is 0. The van der Waals surface area contributed by atoms with Crippen molar-refractivity contribution >= 4 is 75.1 Å². The first kappa shape index (κ1) is 32.0. The lowest BCUT2D eigenvalue weighted by atomic mass is 10.0. The van der Waals surface area contributed by atoms with E-state index in [0.717, 1.165) is 39.4 Å². The summed E-state index contributed by atoms with van der Waals surface area (Å²) in [4.78, 5) is 10.5. The number of benzene rings is 8. The first-order valence-corrected chi connectivity index (χ1v) is 20.1. The molecule has 0 amide bonds. The van der Waals surface area contributed by atoms with Crippen LogP contribution >= 0.6 is 11.3 Å². The third kappa shape index (κ3) is 4.93. The molecule has 8 aromatic carbocycles. The van der Waals surface area contributed by atoms with Gasteiger partial charge in [-0.1, -0.05) is 146 Å². The minimum atomic E-state index is 0.698. The summed E-state index contributed by atoms with van der Waals surface area (Å²) in [7, 11) is 0. The molecule has 266 valence electrons. The van der Waals surface area contributed by atoms with E-state index in [9.17, 15) is 0 Å². The van der Waals surface area contributed by atoms with E-state index in [1.54, 1.807) is 0 Å². The molecular weight excluding hydrogens is 713 g/mol. The first-order valence-electron chi connectivity index (χ1n) is 19.3. The maximum Gasteiger partial charge on any atom is 0.162 e. The maximum atomic E-state index is 5.38. The van der Waals surface area contributed by atoms with Crippen molar-refractivity contribution in [2.75, 3.05) is 0 Å². The van der Waals surface area contributed by atoms with Crippen molar-refractivity contribution < 1.29 is 0 Å². The summed E-state index contributed by atoms with van der Waals surface area (Å²) in [6.07, 6.45) is 0. The number of thiophene rings is 1. The van der Waals surface area contributed by atoms with E-state index in [1.165, 1.54) is 63.9 Å². The van der Waals surface area contributed by atoms with Crippen molar-refractivity contribution in [2.45, 2.75) is 0 Å². The molecule has 4 aromatic heterocycles. The van der Waals surface area contributed by atoms with Crippen LogP contribution in [0.15, 0.2) is 194 Å². The van der Waals surface area contributed by atoms with Gasteiger partial charge in [-0.3, -0.25) is 4.57 Å². The van der Waals surface area contributed by atoms with Crippen LogP contribution in [0.3, 0.4) is 0 Å². The molecule has 4 nitrogen and oxygen atoms in total. The molecule has 0 aliphatic carbocycles. The first-order chi connectivity index (χ1) is 28.3. The SMILES string of the molecule is c1ccc(-c2cccc(-n3c4ccccc4c4c5c(ccc43)sc3ccc4c6ccccc6n(-c6cc(-c7ccccc7)nc(-c7ccccc7)n6)c4c35)c2)cc1. The number of hydrogen-bond donors (Lipinski definition) is 0. The lowest BCUT2D eigenvalue weighted by Crippen LogP contribution is -2.02. The van der Waals surface area contributed by atoms with E-state index >= 15 is 0 Å². The van der Waals surface area contributed by atoms with Crippen molar-refractivity contribution in [3.05, 3.63) is 194 Å². The molecule has 0 aliphatic rings. The van der Waals surface area contributed by atoms with Crippen molar-refractivity contribution in [3.63, 3.8) is 0 Å². The zero-order valence-electron chi connectivity index (χ0n) is 30.7. The molecule has 0 fully saturated rings. The summed E-state index contributed by atoms with van der Waals surface area (Å²) in [5.74, 6) is 1.54. The van der Waals surface area contributed by atoms with Crippen molar-refractivity contribution in [1.29, 1.82) is 0 Å². The Morgan fingerprint density at radius 1 is 0.368 bits per heavy atom. The highest BCUT2D eigenvalue weighted by molar-refractivity contribution is 7.26. The molecule has 0 unspecified atom stereocenters. The number of aromatic nitrogens is 4. The zero-order valence-corrected chi connectivity index (χ0v) is 31.5. The van der Waals surface area contributed by atoms with Gasteiger partial charge in [0.15, 0.2) is 5.82 Å². The minimum absolute atomic E-state index is 0.698. The molecule has 5 heteroatoms. The van der Waals surface area contributed by atoms with Crippen molar-refractivity contribution in [3.8, 4) is 45.3 Å². The quantitative estimate of drug-likeness (QED) is 0.176. The monoisotopic (exact) mass is 744 g/mol. The average Bonchev–Trinajstić information content (AvgIpc) is 3.95. The molecule has 57 heavy (non-hydrogen) atoms. The van der Waals surface area contributed by atoms with E-state index in [-0.39, 0.29) is 0 Å². The predicted molar refractivity (Wildman–Crippen MR) is 240 cm³/mol. The Bertz CT molecular complexity index is 3450. The van der Waals surface area contributed by atoms with E-state index in [2.05, 4.69) is 191 Å². The van der Waals surface area contributed by atoms with Crippen LogP contribution < -0.4 is 0 Å². The topological polar surface area (TPSA) is 35.6 Å². The van der Waals surface area contributed by atoms with Crippen LogP contribution in [-0.2, 0) is 0 Å². The highest BCUT2D eigenvalue weighted by Crippen LogP contribution is 2.48. The van der Waals surface area contributed by atoms with Crippen LogP contribution in [0.5, 0.6) is 0 Å². The fourth-order valence-corrected chi connectivity index (χ4v) is 9.97. The second-order valence-corrected chi connectivity index (χ2v) is 15.6. The molecule has 0 atom stereocenters. The molecule has 12 aromatic rings. The van der Waals surface area contributed by atoms with Gasteiger partial charge in [-0.15, -0.1) is 11.3 Å². The van der Waals surface area contributed by atoms with Crippen molar-refractivity contribution in [2.24, 2.45) is 0 Å². The Labute approximate surface area is 332 Å². The third-order valence-electron chi connectivity index (χ3n) is 11.3. The second-order valence-electron chi connectivity index (χ2n) is 14.6.